The summed E-state index contributed by atoms with van der Waals surface area (Å²) in [6.45, 7) is 12.0. The lowest BCUT2D eigenvalue weighted by Crippen LogP contribution is -2.38. The van der Waals surface area contributed by atoms with Gasteiger partial charge in [-0.15, -0.1) is 11.3 Å². The summed E-state index contributed by atoms with van der Waals surface area (Å²) >= 11 is 1.72. The first kappa shape index (κ1) is 14.7. The van der Waals surface area contributed by atoms with Gasteiger partial charge in [0.15, 0.2) is 0 Å². The molecule has 0 radical (unpaired) electrons. The van der Waals surface area contributed by atoms with Gasteiger partial charge in [0, 0.05) is 11.4 Å². The third-order valence-corrected chi connectivity index (χ3v) is 5.99. The second-order valence-electron chi connectivity index (χ2n) is 6.47. The molecule has 0 aromatic carbocycles. The molecule has 0 bridgehead atoms. The molecular weight excluding hydrogens is 280 g/mol. The second kappa shape index (κ2) is 5.54. The summed E-state index contributed by atoms with van der Waals surface area (Å²) < 4.78 is 0. The number of rotatable bonds is 2. The van der Waals surface area contributed by atoms with Crippen molar-refractivity contribution in [2.75, 3.05) is 18.8 Å². The van der Waals surface area contributed by atoms with E-state index < -0.39 is 0 Å². The van der Waals surface area contributed by atoms with E-state index in [4.69, 9.17) is 10.7 Å². The van der Waals surface area contributed by atoms with E-state index in [2.05, 4.69) is 37.6 Å². The maximum Gasteiger partial charge on any atom is 0.146 e. The van der Waals surface area contributed by atoms with Crippen LogP contribution in [0, 0.1) is 25.7 Å². The van der Waals surface area contributed by atoms with Gasteiger partial charge in [-0.25, -0.2) is 9.97 Å². The van der Waals surface area contributed by atoms with Gasteiger partial charge in [0.05, 0.1) is 11.9 Å². The quantitative estimate of drug-likeness (QED) is 0.924. The molecule has 1 saturated heterocycles. The molecule has 2 unspecified atom stereocenters. The van der Waals surface area contributed by atoms with E-state index in [-0.39, 0.29) is 0 Å². The number of fused-ring (bicyclic) bond motifs is 1. The van der Waals surface area contributed by atoms with Crippen LogP contribution in [0.25, 0.3) is 10.2 Å². The smallest absolute Gasteiger partial charge is 0.146 e. The Bertz CT molecular complexity index is 664. The molecule has 2 N–H and O–H groups in total. The molecule has 21 heavy (non-hydrogen) atoms. The van der Waals surface area contributed by atoms with Gasteiger partial charge in [-0.05, 0) is 44.2 Å². The number of piperidine rings is 1. The molecule has 4 nitrogen and oxygen atoms in total. The van der Waals surface area contributed by atoms with E-state index in [0.717, 1.165) is 47.5 Å². The van der Waals surface area contributed by atoms with Gasteiger partial charge >= 0.3 is 0 Å². The fraction of sp³-hybridized carbons (Fsp3) is 0.625. The summed E-state index contributed by atoms with van der Waals surface area (Å²) in [6, 6.07) is 0. The molecule has 2 aromatic rings. The maximum absolute atomic E-state index is 6.16. The molecule has 0 saturated carbocycles. The fourth-order valence-electron chi connectivity index (χ4n) is 3.09. The molecule has 114 valence electrons. The van der Waals surface area contributed by atoms with Crippen molar-refractivity contribution in [1.29, 1.82) is 0 Å². The predicted molar refractivity (Wildman–Crippen MR) is 89.5 cm³/mol. The van der Waals surface area contributed by atoms with Crippen LogP contribution in [0.2, 0.25) is 0 Å². The van der Waals surface area contributed by atoms with Crippen molar-refractivity contribution >= 4 is 27.4 Å². The zero-order chi connectivity index (χ0) is 15.1. The molecule has 1 fully saturated rings. The van der Waals surface area contributed by atoms with Crippen molar-refractivity contribution in [3.8, 4) is 0 Å². The zero-order valence-electron chi connectivity index (χ0n) is 13.3. The number of thiophene rings is 1. The molecular formula is C16H24N4S. The third-order valence-electron chi connectivity index (χ3n) is 4.89. The summed E-state index contributed by atoms with van der Waals surface area (Å²) in [5.41, 5.74) is 7.38. The summed E-state index contributed by atoms with van der Waals surface area (Å²) in [6.07, 6.45) is 1.26. The molecule has 0 aliphatic carbocycles. The summed E-state index contributed by atoms with van der Waals surface area (Å²) in [5.74, 6) is 3.06. The zero-order valence-corrected chi connectivity index (χ0v) is 14.1. The first-order valence-electron chi connectivity index (χ1n) is 7.70. The number of hydrogen-bond acceptors (Lipinski definition) is 5. The number of anilines is 1. The van der Waals surface area contributed by atoms with E-state index in [1.165, 1.54) is 16.9 Å². The fourth-order valence-corrected chi connectivity index (χ4v) is 4.15. The molecule has 2 aromatic heterocycles. The van der Waals surface area contributed by atoms with Gasteiger partial charge in [-0.1, -0.05) is 13.8 Å². The largest absolute Gasteiger partial charge is 0.383 e. The van der Waals surface area contributed by atoms with Crippen LogP contribution < -0.4 is 5.73 Å². The standard InChI is InChI=1S/C16H24N4S/c1-9-5-6-20(7-10(9)2)8-13-18-15(17)14-11(3)12(4)21-16(14)19-13/h9-10H,5-8H2,1-4H3,(H2,17,18,19). The average Bonchev–Trinajstić information content (AvgIpc) is 2.70. The Morgan fingerprint density at radius 2 is 2.00 bits per heavy atom. The van der Waals surface area contributed by atoms with Crippen LogP contribution in [-0.2, 0) is 6.54 Å². The molecule has 0 spiro atoms. The van der Waals surface area contributed by atoms with Crippen molar-refractivity contribution in [2.24, 2.45) is 11.8 Å². The average molecular weight is 304 g/mol. The minimum atomic E-state index is 0.635. The van der Waals surface area contributed by atoms with Crippen molar-refractivity contribution in [1.82, 2.24) is 14.9 Å². The molecule has 3 heterocycles. The van der Waals surface area contributed by atoms with Crippen LogP contribution in [0.3, 0.4) is 0 Å². The second-order valence-corrected chi connectivity index (χ2v) is 7.67. The van der Waals surface area contributed by atoms with Gasteiger partial charge in [0.25, 0.3) is 0 Å². The predicted octanol–water partition coefficient (Wildman–Crippen LogP) is 3.37. The Morgan fingerprint density at radius 3 is 2.71 bits per heavy atom. The van der Waals surface area contributed by atoms with Crippen LogP contribution in [0.5, 0.6) is 0 Å². The van der Waals surface area contributed by atoms with Crippen LogP contribution in [0.1, 0.15) is 36.5 Å². The Morgan fingerprint density at radius 1 is 1.24 bits per heavy atom. The van der Waals surface area contributed by atoms with E-state index >= 15 is 0 Å². The highest BCUT2D eigenvalue weighted by Gasteiger charge is 2.23. The van der Waals surface area contributed by atoms with E-state index in [1.54, 1.807) is 11.3 Å². The molecule has 1 aliphatic heterocycles. The first-order valence-corrected chi connectivity index (χ1v) is 8.51. The number of nitrogens with zero attached hydrogens (tertiary/aromatic N) is 3. The SMILES string of the molecule is Cc1sc2nc(CN3CCC(C)C(C)C3)nc(N)c2c1C. The van der Waals surface area contributed by atoms with Crippen LogP contribution in [0.15, 0.2) is 0 Å². The van der Waals surface area contributed by atoms with Crippen molar-refractivity contribution in [3.05, 3.63) is 16.3 Å². The molecule has 1 aliphatic rings. The van der Waals surface area contributed by atoms with Crippen molar-refractivity contribution in [3.63, 3.8) is 0 Å². The summed E-state index contributed by atoms with van der Waals surface area (Å²) in [7, 11) is 0. The topological polar surface area (TPSA) is 55.0 Å². The van der Waals surface area contributed by atoms with Crippen molar-refractivity contribution in [2.45, 2.75) is 40.7 Å². The van der Waals surface area contributed by atoms with E-state index in [0.29, 0.717) is 5.82 Å². The van der Waals surface area contributed by atoms with E-state index in [9.17, 15) is 0 Å². The lowest BCUT2D eigenvalue weighted by Gasteiger charge is -2.34. The Hall–Kier alpha value is -1.20. The number of nitrogens with two attached hydrogens (primary N) is 1. The summed E-state index contributed by atoms with van der Waals surface area (Å²) in [4.78, 5) is 14.1. The van der Waals surface area contributed by atoms with Gasteiger partial charge in [0.2, 0.25) is 0 Å². The lowest BCUT2D eigenvalue weighted by atomic mass is 9.89. The normalized spacial score (nSPS) is 23.8. The molecule has 0 amide bonds. The highest BCUT2D eigenvalue weighted by atomic mass is 32.1. The summed E-state index contributed by atoms with van der Waals surface area (Å²) in [5, 5.41) is 1.04. The number of aryl methyl sites for hydroxylation is 2. The molecule has 5 heteroatoms. The monoisotopic (exact) mass is 304 g/mol. The Labute approximate surface area is 130 Å². The number of hydrogen-bond donors (Lipinski definition) is 1. The van der Waals surface area contributed by atoms with Crippen LogP contribution in [0.4, 0.5) is 5.82 Å². The minimum Gasteiger partial charge on any atom is -0.383 e. The maximum atomic E-state index is 6.16. The lowest BCUT2D eigenvalue weighted by molar-refractivity contribution is 0.129. The van der Waals surface area contributed by atoms with Crippen LogP contribution >= 0.6 is 11.3 Å². The highest BCUT2D eigenvalue weighted by molar-refractivity contribution is 7.18. The number of likely N-dealkylation sites (tertiary alicyclic amines) is 1. The molecule has 3 rings (SSSR count). The van der Waals surface area contributed by atoms with Crippen LogP contribution in [-0.4, -0.2) is 28.0 Å². The Kier molecular flexibility index (Phi) is 3.88. The Balaban J connectivity index is 1.85. The highest BCUT2D eigenvalue weighted by Crippen LogP contribution is 2.32. The van der Waals surface area contributed by atoms with Crippen molar-refractivity contribution < 1.29 is 0 Å². The van der Waals surface area contributed by atoms with Gasteiger partial charge < -0.3 is 5.73 Å². The van der Waals surface area contributed by atoms with Gasteiger partial charge in [-0.3, -0.25) is 4.90 Å². The van der Waals surface area contributed by atoms with Gasteiger partial charge in [-0.2, -0.15) is 0 Å². The third kappa shape index (κ3) is 2.77. The first-order chi connectivity index (χ1) is 9.95. The number of aromatic nitrogens is 2. The minimum absolute atomic E-state index is 0.635. The van der Waals surface area contributed by atoms with E-state index in [1.807, 2.05) is 0 Å². The molecule has 2 atom stereocenters. The number of nitrogen functional groups attached to an aromatic ring is 1. The van der Waals surface area contributed by atoms with Gasteiger partial charge in [0.1, 0.15) is 16.5 Å².